The molecule has 1 aliphatic heterocycles. The zero-order valence-electron chi connectivity index (χ0n) is 17.6. The second-order valence-corrected chi connectivity index (χ2v) is 9.59. The Hall–Kier alpha value is -3.26. The molecule has 0 amide bonds. The van der Waals surface area contributed by atoms with Gasteiger partial charge in [-0.25, -0.2) is 12.8 Å². The fourth-order valence-electron chi connectivity index (χ4n) is 3.82. The number of hydrogen-bond donors (Lipinski definition) is 1. The largest absolute Gasteiger partial charge is 0.318 e. The van der Waals surface area contributed by atoms with Crippen molar-refractivity contribution in [2.45, 2.75) is 19.9 Å². The monoisotopic (exact) mass is 439 g/mol. The lowest BCUT2D eigenvalue weighted by molar-refractivity contribution is 0.606. The van der Waals surface area contributed by atoms with Crippen LogP contribution in [0.5, 0.6) is 0 Å². The van der Waals surface area contributed by atoms with E-state index in [1.807, 2.05) is 19.9 Å². The number of nitrogens with one attached hydrogen (secondary N) is 1. The van der Waals surface area contributed by atoms with E-state index >= 15 is 0 Å². The van der Waals surface area contributed by atoms with Crippen LogP contribution in [0.25, 0.3) is 11.1 Å². The van der Waals surface area contributed by atoms with Gasteiger partial charge >= 0.3 is 0 Å². The molecule has 8 heteroatoms. The van der Waals surface area contributed by atoms with E-state index in [1.165, 1.54) is 16.7 Å². The third-order valence-electron chi connectivity index (χ3n) is 5.36. The summed E-state index contributed by atoms with van der Waals surface area (Å²) < 4.78 is 41.4. The minimum atomic E-state index is -3.49. The summed E-state index contributed by atoms with van der Waals surface area (Å²) in [6, 6.07) is 11.0. The molecule has 3 aromatic rings. The highest BCUT2D eigenvalue weighted by atomic mass is 32.2. The molecule has 0 radical (unpaired) electrons. The predicted octanol–water partition coefficient (Wildman–Crippen LogP) is 3.78. The maximum Gasteiger partial charge on any atom is 0.250 e. The van der Waals surface area contributed by atoms with Gasteiger partial charge in [0.15, 0.2) is 0 Å². The minimum Gasteiger partial charge on any atom is -0.318 e. The standard InChI is InChI=1S/C23H22FN3O3S/c1-13-9-19-18(10-21(13)26-31(4,29)30)20-12-27(3)22(28)11-17(20)14(2)25-23(19)15-5-7-16(24)8-6-15/h5-12,14,26H,1-4H3/t14-/m0/s1. The van der Waals surface area contributed by atoms with Gasteiger partial charge in [0.2, 0.25) is 10.0 Å². The average molecular weight is 440 g/mol. The van der Waals surface area contributed by atoms with Gasteiger partial charge in [-0.05, 0) is 66.9 Å². The van der Waals surface area contributed by atoms with Crippen molar-refractivity contribution in [3.63, 3.8) is 0 Å². The molecule has 0 aliphatic carbocycles. The molecule has 4 rings (SSSR count). The number of nitrogens with zero attached hydrogens (tertiary/aromatic N) is 2. The van der Waals surface area contributed by atoms with Gasteiger partial charge in [-0.3, -0.25) is 14.5 Å². The zero-order valence-corrected chi connectivity index (χ0v) is 18.4. The predicted molar refractivity (Wildman–Crippen MR) is 121 cm³/mol. The highest BCUT2D eigenvalue weighted by Crippen LogP contribution is 2.39. The molecule has 1 aliphatic rings. The third-order valence-corrected chi connectivity index (χ3v) is 5.95. The quantitative estimate of drug-likeness (QED) is 0.674. The van der Waals surface area contributed by atoms with Crippen molar-refractivity contribution in [2.75, 3.05) is 11.0 Å². The van der Waals surface area contributed by atoms with Crippen molar-refractivity contribution in [1.29, 1.82) is 0 Å². The van der Waals surface area contributed by atoms with Crippen LogP contribution >= 0.6 is 0 Å². The fraction of sp³-hybridized carbons (Fsp3) is 0.217. The van der Waals surface area contributed by atoms with E-state index in [9.17, 15) is 17.6 Å². The first-order valence-corrected chi connectivity index (χ1v) is 11.6. The van der Waals surface area contributed by atoms with E-state index in [0.717, 1.165) is 39.6 Å². The number of aliphatic imine (C=N–C) groups is 1. The number of anilines is 1. The molecule has 2 aromatic carbocycles. The maximum absolute atomic E-state index is 13.5. The number of aromatic nitrogens is 1. The fourth-order valence-corrected chi connectivity index (χ4v) is 4.44. The van der Waals surface area contributed by atoms with Gasteiger partial charge in [0, 0.05) is 36.0 Å². The summed E-state index contributed by atoms with van der Waals surface area (Å²) in [4.78, 5) is 17.2. The molecular weight excluding hydrogens is 417 g/mol. The number of pyridine rings is 1. The van der Waals surface area contributed by atoms with Gasteiger partial charge in [-0.15, -0.1) is 0 Å². The molecule has 0 spiro atoms. The third kappa shape index (κ3) is 4.03. The maximum atomic E-state index is 13.5. The summed E-state index contributed by atoms with van der Waals surface area (Å²) in [5.74, 6) is -0.346. The number of halogens is 1. The summed E-state index contributed by atoms with van der Waals surface area (Å²) in [5, 5.41) is 0. The van der Waals surface area contributed by atoms with Crippen molar-refractivity contribution in [3.8, 4) is 11.1 Å². The Balaban J connectivity index is 2.07. The Morgan fingerprint density at radius 1 is 1.06 bits per heavy atom. The molecular formula is C23H22FN3O3S. The molecule has 1 aromatic heterocycles. The minimum absolute atomic E-state index is 0.158. The van der Waals surface area contributed by atoms with Crippen LogP contribution in [0.1, 0.15) is 35.2 Å². The first-order valence-electron chi connectivity index (χ1n) is 9.71. The highest BCUT2D eigenvalue weighted by molar-refractivity contribution is 7.92. The number of benzene rings is 2. The lowest BCUT2D eigenvalue weighted by atomic mass is 9.90. The SMILES string of the molecule is Cc1cc2c(cc1NS(C)(=O)=O)-c1cn(C)c(=O)cc1[C@H](C)N=C2c1ccc(F)cc1. The highest BCUT2D eigenvalue weighted by Gasteiger charge is 2.25. The van der Waals surface area contributed by atoms with Crippen LogP contribution in [-0.2, 0) is 17.1 Å². The van der Waals surface area contributed by atoms with Gasteiger partial charge < -0.3 is 4.57 Å². The number of sulfonamides is 1. The first-order chi connectivity index (χ1) is 14.5. The van der Waals surface area contributed by atoms with Crippen molar-refractivity contribution >= 4 is 21.4 Å². The van der Waals surface area contributed by atoms with E-state index in [2.05, 4.69) is 4.72 Å². The van der Waals surface area contributed by atoms with Crippen LogP contribution in [0.3, 0.4) is 0 Å². The number of hydrogen-bond acceptors (Lipinski definition) is 4. The van der Waals surface area contributed by atoms with E-state index < -0.39 is 10.0 Å². The summed E-state index contributed by atoms with van der Waals surface area (Å²) in [6.07, 6.45) is 2.85. The Bertz CT molecular complexity index is 1390. The summed E-state index contributed by atoms with van der Waals surface area (Å²) in [7, 11) is -1.82. The number of fused-ring (bicyclic) bond motifs is 3. The molecule has 0 bridgehead atoms. The molecule has 2 heterocycles. The second kappa shape index (κ2) is 7.46. The Morgan fingerprint density at radius 2 is 1.74 bits per heavy atom. The average Bonchev–Trinajstić information content (AvgIpc) is 2.78. The number of aryl methyl sites for hydroxylation is 2. The van der Waals surface area contributed by atoms with Crippen molar-refractivity contribution < 1.29 is 12.8 Å². The van der Waals surface area contributed by atoms with Gasteiger partial charge in [0.1, 0.15) is 5.82 Å². The molecule has 0 unspecified atom stereocenters. The Labute approximate surface area is 180 Å². The Morgan fingerprint density at radius 3 is 2.39 bits per heavy atom. The van der Waals surface area contributed by atoms with Crippen LogP contribution in [0.15, 0.2) is 58.4 Å². The smallest absolute Gasteiger partial charge is 0.250 e. The van der Waals surface area contributed by atoms with Crippen LogP contribution in [0.2, 0.25) is 0 Å². The van der Waals surface area contributed by atoms with E-state index in [0.29, 0.717) is 11.4 Å². The summed E-state index contributed by atoms with van der Waals surface area (Å²) in [5.41, 5.74) is 5.48. The molecule has 0 saturated carbocycles. The van der Waals surface area contributed by atoms with Crippen molar-refractivity contribution in [2.24, 2.45) is 12.0 Å². The van der Waals surface area contributed by atoms with Crippen molar-refractivity contribution in [3.05, 3.63) is 87.1 Å². The van der Waals surface area contributed by atoms with Gasteiger partial charge in [-0.1, -0.05) is 0 Å². The lowest BCUT2D eigenvalue weighted by Gasteiger charge is -2.17. The molecule has 6 nitrogen and oxygen atoms in total. The lowest BCUT2D eigenvalue weighted by Crippen LogP contribution is -2.17. The molecule has 160 valence electrons. The van der Waals surface area contributed by atoms with Crippen LogP contribution in [-0.4, -0.2) is 25.0 Å². The Kier molecular flexibility index (Phi) is 5.05. The molecule has 31 heavy (non-hydrogen) atoms. The topological polar surface area (TPSA) is 80.5 Å². The zero-order chi connectivity index (χ0) is 22.5. The molecule has 1 N–H and O–H groups in total. The molecule has 0 saturated heterocycles. The van der Waals surface area contributed by atoms with E-state index in [1.54, 1.807) is 37.5 Å². The van der Waals surface area contributed by atoms with E-state index in [4.69, 9.17) is 4.99 Å². The normalized spacial score (nSPS) is 15.5. The van der Waals surface area contributed by atoms with Crippen LogP contribution in [0, 0.1) is 12.7 Å². The van der Waals surface area contributed by atoms with Gasteiger partial charge in [0.05, 0.1) is 23.7 Å². The van der Waals surface area contributed by atoms with Gasteiger partial charge in [0.25, 0.3) is 5.56 Å². The number of rotatable bonds is 3. The molecule has 0 fully saturated rings. The molecule has 1 atom stereocenters. The summed E-state index contributed by atoms with van der Waals surface area (Å²) >= 11 is 0. The van der Waals surface area contributed by atoms with Crippen molar-refractivity contribution in [1.82, 2.24) is 4.57 Å². The first kappa shape index (κ1) is 21.0. The summed E-state index contributed by atoms with van der Waals surface area (Å²) in [6.45, 7) is 3.71. The van der Waals surface area contributed by atoms with Gasteiger partial charge in [-0.2, -0.15) is 0 Å². The van der Waals surface area contributed by atoms with Crippen LogP contribution in [0.4, 0.5) is 10.1 Å². The van der Waals surface area contributed by atoms with Crippen LogP contribution < -0.4 is 10.3 Å². The second-order valence-electron chi connectivity index (χ2n) is 7.84. The van der Waals surface area contributed by atoms with E-state index in [-0.39, 0.29) is 17.4 Å².